The predicted molar refractivity (Wildman–Crippen MR) is 98.4 cm³/mol. The molecule has 1 aliphatic rings. The first-order valence-corrected chi connectivity index (χ1v) is 9.06. The number of aromatic nitrogens is 5. The zero-order valence-electron chi connectivity index (χ0n) is 15.5. The van der Waals surface area contributed by atoms with Gasteiger partial charge in [-0.2, -0.15) is 22.7 Å². The van der Waals surface area contributed by atoms with Gasteiger partial charge in [0.05, 0.1) is 0 Å². The van der Waals surface area contributed by atoms with E-state index in [1.54, 1.807) is 13.0 Å². The molecule has 1 N–H and O–H groups in total. The van der Waals surface area contributed by atoms with E-state index in [0.717, 1.165) is 24.4 Å². The molecule has 0 aliphatic carbocycles. The Labute approximate surface area is 159 Å². The summed E-state index contributed by atoms with van der Waals surface area (Å²) in [7, 11) is 0. The van der Waals surface area contributed by atoms with Crippen molar-refractivity contribution in [3.8, 4) is 0 Å². The fourth-order valence-electron chi connectivity index (χ4n) is 3.40. The number of nitrogens with one attached hydrogen (secondary N) is 1. The van der Waals surface area contributed by atoms with Crippen molar-refractivity contribution in [2.75, 3.05) is 23.3 Å². The first-order valence-electron chi connectivity index (χ1n) is 9.06. The quantitative estimate of drug-likeness (QED) is 0.739. The van der Waals surface area contributed by atoms with Gasteiger partial charge in [0.15, 0.2) is 0 Å². The van der Waals surface area contributed by atoms with Gasteiger partial charge in [0.25, 0.3) is 11.6 Å². The fraction of sp³-hybridized carbons (Fsp3) is 0.444. The van der Waals surface area contributed by atoms with Crippen molar-refractivity contribution in [3.63, 3.8) is 0 Å². The van der Waals surface area contributed by atoms with Crippen molar-refractivity contribution in [2.45, 2.75) is 38.9 Å². The smallest absolute Gasteiger partial charge is 0.367 e. The van der Waals surface area contributed by atoms with Crippen molar-refractivity contribution in [3.05, 3.63) is 41.5 Å². The van der Waals surface area contributed by atoms with Gasteiger partial charge in [-0.25, -0.2) is 9.97 Å². The molecule has 0 spiro atoms. The van der Waals surface area contributed by atoms with Gasteiger partial charge in [0.2, 0.25) is 0 Å². The van der Waals surface area contributed by atoms with Gasteiger partial charge in [-0.05, 0) is 38.8 Å². The van der Waals surface area contributed by atoms with Gasteiger partial charge < -0.3 is 10.2 Å². The highest BCUT2D eigenvalue weighted by molar-refractivity contribution is 5.48. The molecule has 0 bridgehead atoms. The number of fused-ring (bicyclic) bond motifs is 1. The zero-order valence-corrected chi connectivity index (χ0v) is 15.5. The summed E-state index contributed by atoms with van der Waals surface area (Å²) >= 11 is 0. The summed E-state index contributed by atoms with van der Waals surface area (Å²) in [4.78, 5) is 14.1. The van der Waals surface area contributed by atoms with Crippen LogP contribution in [0, 0.1) is 13.8 Å². The molecule has 4 rings (SSSR count). The van der Waals surface area contributed by atoms with Crippen LogP contribution in [0.1, 0.15) is 30.1 Å². The summed E-state index contributed by atoms with van der Waals surface area (Å²) in [5.74, 6) is 0.213. The highest BCUT2D eigenvalue weighted by atomic mass is 19.4. The van der Waals surface area contributed by atoms with E-state index in [2.05, 4.69) is 25.4 Å². The molecule has 0 aromatic carbocycles. The van der Waals surface area contributed by atoms with Crippen LogP contribution in [-0.4, -0.2) is 43.7 Å². The van der Waals surface area contributed by atoms with Gasteiger partial charge in [0.1, 0.15) is 11.6 Å². The second kappa shape index (κ2) is 6.92. The summed E-state index contributed by atoms with van der Waals surface area (Å²) < 4.78 is 40.2. The molecule has 0 amide bonds. The number of nitrogens with zero attached hydrogens (tertiary/aromatic N) is 6. The molecule has 0 radical (unpaired) electrons. The molecule has 10 heteroatoms. The number of halogens is 3. The maximum Gasteiger partial charge on any atom is 0.453 e. The minimum atomic E-state index is -4.60. The second-order valence-corrected chi connectivity index (χ2v) is 6.97. The summed E-state index contributed by atoms with van der Waals surface area (Å²) in [6.07, 6.45) is -2.94. The molecular weight excluding hydrogens is 371 g/mol. The summed E-state index contributed by atoms with van der Waals surface area (Å²) in [5, 5.41) is 7.08. The van der Waals surface area contributed by atoms with Crippen molar-refractivity contribution in [1.29, 1.82) is 0 Å². The van der Waals surface area contributed by atoms with Gasteiger partial charge in [-0.1, -0.05) is 6.07 Å². The van der Waals surface area contributed by atoms with Crippen molar-refractivity contribution in [1.82, 2.24) is 24.6 Å². The number of piperidine rings is 1. The van der Waals surface area contributed by atoms with Crippen LogP contribution >= 0.6 is 0 Å². The van der Waals surface area contributed by atoms with E-state index in [9.17, 15) is 13.2 Å². The third kappa shape index (κ3) is 3.71. The van der Waals surface area contributed by atoms with E-state index in [0.29, 0.717) is 24.6 Å². The van der Waals surface area contributed by atoms with E-state index in [1.807, 2.05) is 30.0 Å². The number of anilines is 2. The lowest BCUT2D eigenvalue weighted by molar-refractivity contribution is -0.144. The van der Waals surface area contributed by atoms with Crippen LogP contribution in [0.25, 0.3) is 5.78 Å². The average molecular weight is 391 g/mol. The van der Waals surface area contributed by atoms with Crippen LogP contribution < -0.4 is 10.2 Å². The Hall–Kier alpha value is -2.91. The first-order chi connectivity index (χ1) is 13.3. The first kappa shape index (κ1) is 18.5. The lowest BCUT2D eigenvalue weighted by atomic mass is 10.0. The molecule has 7 nitrogen and oxygen atoms in total. The molecular formula is C18H20F3N7. The van der Waals surface area contributed by atoms with Crippen LogP contribution in [0.15, 0.2) is 24.3 Å². The summed E-state index contributed by atoms with van der Waals surface area (Å²) in [6.45, 7) is 5.05. The van der Waals surface area contributed by atoms with E-state index in [-0.39, 0.29) is 11.8 Å². The van der Waals surface area contributed by atoms with Gasteiger partial charge in [0, 0.05) is 36.6 Å². The fourth-order valence-corrected chi connectivity index (χ4v) is 3.40. The Bertz CT molecular complexity index is 990. The number of hydrogen-bond donors (Lipinski definition) is 1. The van der Waals surface area contributed by atoms with Crippen LogP contribution in [-0.2, 0) is 6.18 Å². The molecule has 0 unspecified atom stereocenters. The lowest BCUT2D eigenvalue weighted by Crippen LogP contribution is -2.40. The molecule has 1 saturated heterocycles. The molecule has 4 heterocycles. The Morgan fingerprint density at radius 2 is 1.79 bits per heavy atom. The van der Waals surface area contributed by atoms with Gasteiger partial charge >= 0.3 is 6.18 Å². The number of pyridine rings is 1. The maximum absolute atomic E-state index is 13.0. The van der Waals surface area contributed by atoms with E-state index < -0.39 is 12.0 Å². The minimum absolute atomic E-state index is 0.0356. The highest BCUT2D eigenvalue weighted by Crippen LogP contribution is 2.28. The van der Waals surface area contributed by atoms with E-state index in [1.165, 1.54) is 4.52 Å². The van der Waals surface area contributed by atoms with E-state index in [4.69, 9.17) is 0 Å². The molecule has 0 saturated carbocycles. The molecule has 1 fully saturated rings. The zero-order chi connectivity index (χ0) is 19.9. The third-order valence-electron chi connectivity index (χ3n) is 4.73. The average Bonchev–Trinajstić information content (AvgIpc) is 3.06. The van der Waals surface area contributed by atoms with Crippen molar-refractivity contribution >= 4 is 17.4 Å². The number of aryl methyl sites for hydroxylation is 2. The van der Waals surface area contributed by atoms with Crippen LogP contribution in [0.2, 0.25) is 0 Å². The highest BCUT2D eigenvalue weighted by Gasteiger charge is 2.37. The maximum atomic E-state index is 13.0. The molecule has 0 atom stereocenters. The van der Waals surface area contributed by atoms with Crippen molar-refractivity contribution < 1.29 is 13.2 Å². The number of hydrogen-bond acceptors (Lipinski definition) is 6. The van der Waals surface area contributed by atoms with Crippen LogP contribution in [0.4, 0.5) is 24.8 Å². The molecule has 3 aromatic rings. The lowest BCUT2D eigenvalue weighted by Gasteiger charge is -2.34. The normalized spacial score (nSPS) is 16.0. The van der Waals surface area contributed by atoms with Gasteiger partial charge in [-0.15, -0.1) is 5.10 Å². The topological polar surface area (TPSA) is 71.2 Å². The van der Waals surface area contributed by atoms with Crippen LogP contribution in [0.5, 0.6) is 0 Å². The SMILES string of the molecule is Cc1cccc(NC2CCN(c3cc(C)nc4nc(C(F)(F)F)nn34)CC2)n1. The monoisotopic (exact) mass is 391 g/mol. The Kier molecular flexibility index (Phi) is 4.56. The van der Waals surface area contributed by atoms with Crippen LogP contribution in [0.3, 0.4) is 0 Å². The summed E-state index contributed by atoms with van der Waals surface area (Å²) in [6, 6.07) is 7.84. The second-order valence-electron chi connectivity index (χ2n) is 6.97. The van der Waals surface area contributed by atoms with Gasteiger partial charge in [-0.3, -0.25) is 0 Å². The largest absolute Gasteiger partial charge is 0.453 e. The Morgan fingerprint density at radius 1 is 1.04 bits per heavy atom. The Morgan fingerprint density at radius 3 is 2.46 bits per heavy atom. The standard InChI is InChI=1S/C18H20F3N7/c1-11-4-3-5-14(22-11)24-13-6-8-27(9-7-13)15-10-12(2)23-17-25-16(18(19,20)21)26-28(15)17/h3-5,10,13H,6-9H2,1-2H3,(H,22,24). The van der Waals surface area contributed by atoms with E-state index >= 15 is 0 Å². The molecule has 1 aliphatic heterocycles. The molecule has 3 aromatic heterocycles. The predicted octanol–water partition coefficient (Wildman–Crippen LogP) is 3.24. The van der Waals surface area contributed by atoms with Crippen molar-refractivity contribution in [2.24, 2.45) is 0 Å². The number of rotatable bonds is 3. The molecule has 148 valence electrons. The third-order valence-corrected chi connectivity index (χ3v) is 4.73. The Balaban J connectivity index is 1.52. The minimum Gasteiger partial charge on any atom is -0.367 e. The summed E-state index contributed by atoms with van der Waals surface area (Å²) in [5.41, 5.74) is 1.55. The molecule has 28 heavy (non-hydrogen) atoms. The number of alkyl halides is 3.